The van der Waals surface area contributed by atoms with Crippen LogP contribution in [0.15, 0.2) is 4.99 Å². The highest BCUT2D eigenvalue weighted by atomic mass is 16.6. The smallest absolute Gasteiger partial charge is 0.433 e. The number of carbonyl (C=O) groups is 1. The van der Waals surface area contributed by atoms with Crippen LogP contribution in [0.4, 0.5) is 4.79 Å². The fraction of sp³-hybridized carbons (Fsp3) is 0.800. The number of ether oxygens (including phenoxy) is 2. The first kappa shape index (κ1) is 12.1. The fourth-order valence-corrected chi connectivity index (χ4v) is 1.15. The van der Waals surface area contributed by atoms with Gasteiger partial charge in [0, 0.05) is 12.1 Å². The van der Waals surface area contributed by atoms with Crippen molar-refractivity contribution in [1.82, 2.24) is 0 Å². The molecule has 1 N–H and O–H groups in total. The van der Waals surface area contributed by atoms with Crippen molar-refractivity contribution in [2.45, 2.75) is 32.5 Å². The Morgan fingerprint density at radius 3 is 2.67 bits per heavy atom. The standard InChI is InChI=1S/C10H17NO4/c1-10(2,3)15-9(13)11-4-7-5-14-6-8(7)12/h4,7-8,12H,5-6H2,1-3H3/t7?,8-/m0/s1. The van der Waals surface area contributed by atoms with Gasteiger partial charge in [-0.1, -0.05) is 0 Å². The molecule has 1 aliphatic rings. The quantitative estimate of drug-likeness (QED) is 0.662. The molecule has 2 atom stereocenters. The minimum atomic E-state index is -0.637. The molecule has 0 bridgehead atoms. The maximum atomic E-state index is 11.2. The molecule has 1 rings (SSSR count). The summed E-state index contributed by atoms with van der Waals surface area (Å²) in [4.78, 5) is 14.8. The molecule has 86 valence electrons. The summed E-state index contributed by atoms with van der Waals surface area (Å²) in [5.74, 6) is -0.211. The van der Waals surface area contributed by atoms with Crippen molar-refractivity contribution in [3.63, 3.8) is 0 Å². The van der Waals surface area contributed by atoms with Gasteiger partial charge in [0.15, 0.2) is 0 Å². The minimum absolute atomic E-state index is 0.211. The highest BCUT2D eigenvalue weighted by molar-refractivity contribution is 5.80. The molecule has 0 spiro atoms. The zero-order valence-electron chi connectivity index (χ0n) is 9.27. The maximum absolute atomic E-state index is 11.2. The Balaban J connectivity index is 2.40. The Kier molecular flexibility index (Phi) is 3.82. The van der Waals surface area contributed by atoms with Gasteiger partial charge in [-0.2, -0.15) is 4.99 Å². The Bertz CT molecular complexity index is 257. The number of aliphatic hydroxyl groups excluding tert-OH is 1. The van der Waals surface area contributed by atoms with Crippen molar-refractivity contribution in [3.05, 3.63) is 0 Å². The number of carbonyl (C=O) groups excluding carboxylic acids is 1. The van der Waals surface area contributed by atoms with Crippen molar-refractivity contribution < 1.29 is 19.4 Å². The lowest BCUT2D eigenvalue weighted by molar-refractivity contribution is 0.0604. The molecule has 1 unspecified atom stereocenters. The Labute approximate surface area is 89.1 Å². The van der Waals surface area contributed by atoms with Crippen molar-refractivity contribution in [2.75, 3.05) is 13.2 Å². The van der Waals surface area contributed by atoms with E-state index in [-0.39, 0.29) is 5.92 Å². The predicted molar refractivity (Wildman–Crippen MR) is 55.0 cm³/mol. The summed E-state index contributed by atoms with van der Waals surface area (Å²) in [5.41, 5.74) is -0.542. The molecule has 1 saturated heterocycles. The van der Waals surface area contributed by atoms with Gasteiger partial charge in [-0.25, -0.2) is 4.79 Å². The van der Waals surface area contributed by atoms with Gasteiger partial charge < -0.3 is 14.6 Å². The Morgan fingerprint density at radius 2 is 2.20 bits per heavy atom. The third kappa shape index (κ3) is 4.40. The molecule has 1 heterocycles. The zero-order chi connectivity index (χ0) is 11.5. The van der Waals surface area contributed by atoms with Crippen LogP contribution >= 0.6 is 0 Å². The van der Waals surface area contributed by atoms with Crippen LogP contribution < -0.4 is 0 Å². The number of aliphatic hydroxyl groups is 1. The van der Waals surface area contributed by atoms with Crippen molar-refractivity contribution >= 4 is 12.3 Å². The summed E-state index contributed by atoms with van der Waals surface area (Å²) in [5, 5.41) is 9.37. The van der Waals surface area contributed by atoms with Crippen molar-refractivity contribution in [2.24, 2.45) is 10.9 Å². The molecule has 1 amide bonds. The van der Waals surface area contributed by atoms with E-state index < -0.39 is 17.8 Å². The number of hydrogen-bond acceptors (Lipinski definition) is 4. The van der Waals surface area contributed by atoms with Gasteiger partial charge in [0.05, 0.1) is 19.3 Å². The second-order valence-corrected chi connectivity index (χ2v) is 4.53. The Morgan fingerprint density at radius 1 is 1.53 bits per heavy atom. The van der Waals surface area contributed by atoms with E-state index in [1.807, 2.05) is 0 Å². The number of hydrogen-bond donors (Lipinski definition) is 1. The third-order valence-electron chi connectivity index (χ3n) is 1.86. The van der Waals surface area contributed by atoms with E-state index in [0.717, 1.165) is 0 Å². The lowest BCUT2D eigenvalue weighted by Gasteiger charge is -2.17. The first-order valence-corrected chi connectivity index (χ1v) is 4.91. The number of rotatable bonds is 1. The van der Waals surface area contributed by atoms with Gasteiger partial charge in [0.1, 0.15) is 5.60 Å². The topological polar surface area (TPSA) is 68.1 Å². The van der Waals surface area contributed by atoms with E-state index in [2.05, 4.69) is 4.99 Å². The van der Waals surface area contributed by atoms with Gasteiger partial charge in [-0.05, 0) is 20.8 Å². The van der Waals surface area contributed by atoms with E-state index in [9.17, 15) is 9.90 Å². The normalized spacial score (nSPS) is 27.2. The summed E-state index contributed by atoms with van der Waals surface area (Å²) < 4.78 is 9.98. The van der Waals surface area contributed by atoms with Crippen LogP contribution in [-0.4, -0.2) is 42.3 Å². The highest BCUT2D eigenvalue weighted by Crippen LogP contribution is 2.12. The van der Waals surface area contributed by atoms with Crippen LogP contribution in [0.25, 0.3) is 0 Å². The third-order valence-corrected chi connectivity index (χ3v) is 1.86. The summed E-state index contributed by atoms with van der Waals surface area (Å²) in [6.45, 7) is 6.01. The highest BCUT2D eigenvalue weighted by Gasteiger charge is 2.25. The van der Waals surface area contributed by atoms with Gasteiger partial charge in [-0.3, -0.25) is 0 Å². The molecule has 1 aliphatic heterocycles. The molecule has 0 radical (unpaired) electrons. The molecule has 0 aromatic carbocycles. The van der Waals surface area contributed by atoms with Crippen LogP contribution in [0.2, 0.25) is 0 Å². The molecule has 0 aromatic rings. The van der Waals surface area contributed by atoms with E-state index in [0.29, 0.717) is 13.2 Å². The van der Waals surface area contributed by atoms with Crippen molar-refractivity contribution in [3.8, 4) is 0 Å². The van der Waals surface area contributed by atoms with Crippen molar-refractivity contribution in [1.29, 1.82) is 0 Å². The van der Waals surface area contributed by atoms with E-state index in [1.165, 1.54) is 6.21 Å². The molecule has 0 aliphatic carbocycles. The number of amides is 1. The van der Waals surface area contributed by atoms with Crippen LogP contribution in [0.5, 0.6) is 0 Å². The number of aliphatic imine (C=N–C) groups is 1. The molecule has 1 fully saturated rings. The summed E-state index contributed by atoms with van der Waals surface area (Å²) in [7, 11) is 0. The second-order valence-electron chi connectivity index (χ2n) is 4.53. The average Bonchev–Trinajstić information content (AvgIpc) is 2.44. The van der Waals surface area contributed by atoms with Crippen LogP contribution in [0, 0.1) is 5.92 Å². The average molecular weight is 215 g/mol. The monoisotopic (exact) mass is 215 g/mol. The van der Waals surface area contributed by atoms with Crippen LogP contribution in [-0.2, 0) is 9.47 Å². The molecule has 5 heteroatoms. The predicted octanol–water partition coefficient (Wildman–Crippen LogP) is 1.000. The zero-order valence-corrected chi connectivity index (χ0v) is 9.27. The summed E-state index contributed by atoms with van der Waals surface area (Å²) in [6, 6.07) is 0. The van der Waals surface area contributed by atoms with Gasteiger partial charge in [0.25, 0.3) is 0 Å². The maximum Gasteiger partial charge on any atom is 0.433 e. The molecule has 15 heavy (non-hydrogen) atoms. The van der Waals surface area contributed by atoms with Crippen LogP contribution in [0.3, 0.4) is 0 Å². The first-order chi connectivity index (χ1) is 6.88. The fourth-order valence-electron chi connectivity index (χ4n) is 1.15. The van der Waals surface area contributed by atoms with E-state index >= 15 is 0 Å². The van der Waals surface area contributed by atoms with Gasteiger partial charge in [-0.15, -0.1) is 0 Å². The van der Waals surface area contributed by atoms with E-state index in [4.69, 9.17) is 9.47 Å². The summed E-state index contributed by atoms with van der Waals surface area (Å²) >= 11 is 0. The minimum Gasteiger partial charge on any atom is -0.442 e. The number of nitrogens with zero attached hydrogens (tertiary/aromatic N) is 1. The summed E-state index contributed by atoms with van der Waals surface area (Å²) in [6.07, 6.45) is 0.184. The van der Waals surface area contributed by atoms with Gasteiger partial charge >= 0.3 is 6.09 Å². The molecular formula is C10H17NO4. The van der Waals surface area contributed by atoms with Crippen LogP contribution in [0.1, 0.15) is 20.8 Å². The molecule has 5 nitrogen and oxygen atoms in total. The molecule has 0 saturated carbocycles. The molecule has 0 aromatic heterocycles. The second kappa shape index (κ2) is 4.72. The van der Waals surface area contributed by atoms with E-state index in [1.54, 1.807) is 20.8 Å². The molecular weight excluding hydrogens is 198 g/mol. The first-order valence-electron chi connectivity index (χ1n) is 4.91. The largest absolute Gasteiger partial charge is 0.442 e. The lowest BCUT2D eigenvalue weighted by atomic mass is 10.1. The Hall–Kier alpha value is -0.940. The van der Waals surface area contributed by atoms with Gasteiger partial charge in [0.2, 0.25) is 0 Å². The lowest BCUT2D eigenvalue weighted by Crippen LogP contribution is -2.23. The SMILES string of the molecule is CC(C)(C)OC(=O)N=CC1COC[C@@H]1O.